The molecule has 0 atom stereocenters. The van der Waals surface area contributed by atoms with E-state index >= 15 is 0 Å². The normalized spacial score (nSPS) is 12.0. The van der Waals surface area contributed by atoms with E-state index in [4.69, 9.17) is 15.0 Å². The third kappa shape index (κ3) is 4.65. The van der Waals surface area contributed by atoms with E-state index in [0.29, 0.717) is 0 Å². The molecule has 9 heteroatoms. The molecule has 0 N–H and O–H groups in total. The fourth-order valence-corrected chi connectivity index (χ4v) is 8.85. The van der Waals surface area contributed by atoms with Crippen molar-refractivity contribution in [3.8, 4) is 0 Å². The Bertz CT molecular complexity index is 2470. The zero-order valence-electron chi connectivity index (χ0n) is 25.3. The minimum atomic E-state index is 0.785. The predicted octanol–water partition coefficient (Wildman–Crippen LogP) is 10.5. The predicted molar refractivity (Wildman–Crippen MR) is 197 cm³/mol. The van der Waals surface area contributed by atoms with Gasteiger partial charge in [0.25, 0.3) is 0 Å². The molecule has 48 heavy (non-hydrogen) atoms. The first-order chi connectivity index (χ1) is 23.7. The molecule has 0 saturated heterocycles. The molecule has 0 aliphatic carbocycles. The summed E-state index contributed by atoms with van der Waals surface area (Å²) in [6.45, 7) is 0. The molecular weight excluding hydrogens is 649 g/mol. The summed E-state index contributed by atoms with van der Waals surface area (Å²) < 4.78 is 6.58. The minimum absolute atomic E-state index is 0.785. The third-order valence-electron chi connectivity index (χ3n) is 8.36. The second-order valence-corrected chi connectivity index (χ2v) is 14.9. The Balaban J connectivity index is 1.26. The molecule has 0 spiro atoms. The molecule has 0 aliphatic rings. The Hall–Kier alpha value is -5.22. The van der Waals surface area contributed by atoms with Crippen LogP contribution in [-0.2, 0) is 0 Å². The molecule has 0 bridgehead atoms. The number of nitrogens with zero attached hydrogens (tertiary/aromatic N) is 6. The molecule has 0 amide bonds. The summed E-state index contributed by atoms with van der Waals surface area (Å²) >= 11 is 5.24. The van der Waals surface area contributed by atoms with E-state index in [2.05, 4.69) is 141 Å². The maximum atomic E-state index is 5.23. The summed E-state index contributed by atoms with van der Waals surface area (Å²) in [7, 11) is 0. The van der Waals surface area contributed by atoms with Crippen LogP contribution >= 0.6 is 35.3 Å². The monoisotopic (exact) mass is 672 g/mol. The van der Waals surface area contributed by atoms with Crippen molar-refractivity contribution in [2.24, 2.45) is 0 Å². The maximum absolute atomic E-state index is 5.23. The van der Waals surface area contributed by atoms with Crippen LogP contribution in [0.25, 0.3) is 50.4 Å². The molecule has 0 aliphatic heterocycles. The highest BCUT2D eigenvalue weighted by Crippen LogP contribution is 2.36. The number of hydrogen-bond acceptors (Lipinski definition) is 6. The zero-order chi connectivity index (χ0) is 31.6. The molecular formula is C39H24N6S3. The fourth-order valence-electron chi connectivity index (χ4n) is 6.23. The van der Waals surface area contributed by atoms with Gasteiger partial charge in [-0.2, -0.15) is 0 Å². The van der Waals surface area contributed by atoms with Gasteiger partial charge in [0.2, 0.25) is 17.3 Å². The molecule has 0 unspecified atom stereocenters. The molecule has 4 heterocycles. The molecule has 10 rings (SSSR count). The van der Waals surface area contributed by atoms with Crippen molar-refractivity contribution in [1.82, 2.24) is 28.2 Å². The van der Waals surface area contributed by atoms with Crippen molar-refractivity contribution in [1.29, 1.82) is 0 Å². The quantitative estimate of drug-likeness (QED) is 0.175. The van der Waals surface area contributed by atoms with Gasteiger partial charge < -0.3 is 0 Å². The van der Waals surface area contributed by atoms with Gasteiger partial charge in [-0.25, -0.2) is 28.2 Å². The van der Waals surface area contributed by atoms with Crippen molar-refractivity contribution < 1.29 is 0 Å². The highest BCUT2D eigenvalue weighted by Gasteiger charge is 2.22. The molecule has 6 aromatic carbocycles. The second-order valence-electron chi connectivity index (χ2n) is 11.4. The van der Waals surface area contributed by atoms with E-state index in [9.17, 15) is 0 Å². The summed E-state index contributed by atoms with van der Waals surface area (Å²) in [6, 6.07) is 50.9. The Morgan fingerprint density at radius 2 is 0.604 bits per heavy atom. The molecule has 0 radical (unpaired) electrons. The smallest absolute Gasteiger partial charge is 0.225 e. The van der Waals surface area contributed by atoms with E-state index in [1.165, 1.54) is 14.7 Å². The summed E-state index contributed by atoms with van der Waals surface area (Å²) in [4.78, 5) is 22.7. The van der Waals surface area contributed by atoms with Gasteiger partial charge in [0, 0.05) is 29.4 Å². The van der Waals surface area contributed by atoms with Crippen LogP contribution in [0, 0.1) is 0 Å². The standard InChI is InChI=1S/C39H24N6S3/c1-4-10-25(11-5-1)46-28-16-19-31-34(22-28)43-37(40-31)44-36-24-30(48-27-14-8-3-9-15-27)18-21-33(36)42-39(44)45-35-23-29(17-20-32(35)41-38(43)45)47-26-12-6-2-7-13-26/h1-24H. The molecule has 0 saturated carbocycles. The van der Waals surface area contributed by atoms with Crippen LogP contribution in [0.15, 0.2) is 175 Å². The Morgan fingerprint density at radius 3 is 0.896 bits per heavy atom. The Labute approximate surface area is 287 Å². The summed E-state index contributed by atoms with van der Waals surface area (Å²) in [6.07, 6.45) is 0. The minimum Gasteiger partial charge on any atom is -0.247 e. The lowest BCUT2D eigenvalue weighted by Crippen LogP contribution is -2.04. The van der Waals surface area contributed by atoms with E-state index in [1.807, 2.05) is 18.2 Å². The zero-order valence-corrected chi connectivity index (χ0v) is 27.7. The Morgan fingerprint density at radius 1 is 0.312 bits per heavy atom. The van der Waals surface area contributed by atoms with Crippen LogP contribution < -0.4 is 0 Å². The van der Waals surface area contributed by atoms with Crippen molar-refractivity contribution >= 4 is 85.7 Å². The summed E-state index contributed by atoms with van der Waals surface area (Å²) in [5.74, 6) is 2.36. The van der Waals surface area contributed by atoms with Gasteiger partial charge in [-0.3, -0.25) is 0 Å². The van der Waals surface area contributed by atoms with Gasteiger partial charge in [0.05, 0.1) is 33.1 Å². The van der Waals surface area contributed by atoms with Gasteiger partial charge in [-0.05, 0) is 91.0 Å². The van der Waals surface area contributed by atoms with Gasteiger partial charge >= 0.3 is 0 Å². The van der Waals surface area contributed by atoms with Crippen LogP contribution in [0.3, 0.4) is 0 Å². The number of hydrogen-bond donors (Lipinski definition) is 0. The van der Waals surface area contributed by atoms with Crippen molar-refractivity contribution in [2.75, 3.05) is 0 Å². The van der Waals surface area contributed by atoms with Gasteiger partial charge in [-0.15, -0.1) is 0 Å². The van der Waals surface area contributed by atoms with E-state index in [1.54, 1.807) is 35.3 Å². The average molecular weight is 673 g/mol. The van der Waals surface area contributed by atoms with E-state index < -0.39 is 0 Å². The van der Waals surface area contributed by atoms with Crippen LogP contribution in [0.1, 0.15) is 0 Å². The van der Waals surface area contributed by atoms with Gasteiger partial charge in [-0.1, -0.05) is 89.9 Å². The lowest BCUT2D eigenvalue weighted by atomic mass is 10.3. The van der Waals surface area contributed by atoms with Crippen LogP contribution in [-0.4, -0.2) is 28.2 Å². The van der Waals surface area contributed by atoms with Crippen molar-refractivity contribution in [2.45, 2.75) is 29.4 Å². The SMILES string of the molecule is c1ccc(Sc2ccc3nc4n(c3c2)c2nc3ccc(Sc5ccccc5)cc3n2c2nc3ccc(Sc5ccccc5)cc3n42)cc1. The Kier molecular flexibility index (Phi) is 6.50. The molecule has 6 nitrogen and oxygen atoms in total. The number of imidazole rings is 3. The fraction of sp³-hybridized carbons (Fsp3) is 0. The first-order valence-corrected chi connectivity index (χ1v) is 18.0. The lowest BCUT2D eigenvalue weighted by molar-refractivity contribution is 1.01. The average Bonchev–Trinajstić information content (AvgIpc) is 3.80. The largest absolute Gasteiger partial charge is 0.247 e. The van der Waals surface area contributed by atoms with Crippen LogP contribution in [0.4, 0.5) is 0 Å². The van der Waals surface area contributed by atoms with E-state index in [0.717, 1.165) is 65.1 Å². The molecule has 4 aromatic heterocycles. The number of rotatable bonds is 6. The van der Waals surface area contributed by atoms with Crippen LogP contribution in [0.2, 0.25) is 0 Å². The van der Waals surface area contributed by atoms with E-state index in [-0.39, 0.29) is 0 Å². The number of benzene rings is 6. The second kappa shape index (κ2) is 11.2. The summed E-state index contributed by atoms with van der Waals surface area (Å²) in [5, 5.41) is 0. The third-order valence-corrected chi connectivity index (χ3v) is 11.4. The highest BCUT2D eigenvalue weighted by molar-refractivity contribution is 7.99. The highest BCUT2D eigenvalue weighted by atomic mass is 32.2. The molecule has 10 aromatic rings. The maximum Gasteiger partial charge on any atom is 0.225 e. The van der Waals surface area contributed by atoms with Crippen molar-refractivity contribution in [3.63, 3.8) is 0 Å². The molecule has 228 valence electrons. The van der Waals surface area contributed by atoms with Gasteiger partial charge in [0.15, 0.2) is 0 Å². The van der Waals surface area contributed by atoms with Crippen molar-refractivity contribution in [3.05, 3.63) is 146 Å². The van der Waals surface area contributed by atoms with Gasteiger partial charge in [0.1, 0.15) is 0 Å². The first kappa shape index (κ1) is 27.9. The summed E-state index contributed by atoms with van der Waals surface area (Å²) in [5.41, 5.74) is 5.73. The van der Waals surface area contributed by atoms with Crippen LogP contribution in [0.5, 0.6) is 0 Å². The lowest BCUT2D eigenvalue weighted by Gasteiger charge is -2.07. The first-order valence-electron chi connectivity index (χ1n) is 15.5. The number of aromatic nitrogens is 6. The molecule has 0 fully saturated rings. The number of fused-ring (bicyclic) bond motifs is 12. The topological polar surface area (TPSA) is 51.9 Å².